The van der Waals surface area contributed by atoms with E-state index in [4.69, 9.17) is 0 Å². The number of benzene rings is 4. The largest absolute Gasteiger partial charge is 0.289 e. The van der Waals surface area contributed by atoms with Gasteiger partial charge in [0, 0.05) is 20.2 Å². The fraction of sp³-hybridized carbons (Fsp3) is 0.0870. The van der Waals surface area contributed by atoms with E-state index in [-0.39, 0.29) is 11.2 Å². The minimum atomic E-state index is -0.376. The summed E-state index contributed by atoms with van der Waals surface area (Å²) in [4.78, 5) is 12.9. The van der Waals surface area contributed by atoms with Crippen molar-refractivity contribution < 1.29 is 4.39 Å². The SMILES string of the molecule is Cc1cc2cc3cc4sc5ccc(F)cc5c(=O)c4cc3cc2cc1C. The molecule has 5 aromatic rings. The average Bonchev–Trinajstić information content (AvgIpc) is 2.61. The molecule has 1 aromatic heterocycles. The van der Waals surface area contributed by atoms with Gasteiger partial charge in [-0.2, -0.15) is 0 Å². The van der Waals surface area contributed by atoms with Crippen molar-refractivity contribution in [3.05, 3.63) is 81.8 Å². The first kappa shape index (κ1) is 15.5. The highest BCUT2D eigenvalue weighted by Crippen LogP contribution is 2.31. The maximum atomic E-state index is 13.6. The van der Waals surface area contributed by atoms with Crippen LogP contribution in [0.3, 0.4) is 0 Å². The highest BCUT2D eigenvalue weighted by atomic mass is 32.1. The molecule has 126 valence electrons. The van der Waals surface area contributed by atoms with Gasteiger partial charge < -0.3 is 0 Å². The van der Waals surface area contributed by atoms with E-state index in [1.165, 1.54) is 45.4 Å². The third-order valence-corrected chi connectivity index (χ3v) is 6.29. The summed E-state index contributed by atoms with van der Waals surface area (Å²) in [6.45, 7) is 4.23. The Bertz CT molecular complexity index is 1430. The van der Waals surface area contributed by atoms with Gasteiger partial charge in [0.05, 0.1) is 0 Å². The van der Waals surface area contributed by atoms with E-state index in [1.54, 1.807) is 6.07 Å². The summed E-state index contributed by atoms with van der Waals surface area (Å²) in [7, 11) is 0. The number of halogens is 1. The molecule has 0 amide bonds. The van der Waals surface area contributed by atoms with Gasteiger partial charge in [-0.15, -0.1) is 11.3 Å². The fourth-order valence-electron chi connectivity index (χ4n) is 3.60. The topological polar surface area (TPSA) is 17.1 Å². The summed E-state index contributed by atoms with van der Waals surface area (Å²) in [6.07, 6.45) is 0. The van der Waals surface area contributed by atoms with Gasteiger partial charge in [0.25, 0.3) is 0 Å². The van der Waals surface area contributed by atoms with Crippen molar-refractivity contribution in [1.29, 1.82) is 0 Å². The van der Waals surface area contributed by atoms with E-state index < -0.39 is 0 Å². The molecule has 0 radical (unpaired) electrons. The maximum absolute atomic E-state index is 13.6. The van der Waals surface area contributed by atoms with Crippen LogP contribution in [0, 0.1) is 19.7 Å². The Morgan fingerprint density at radius 2 is 1.27 bits per heavy atom. The molecule has 4 aromatic carbocycles. The predicted molar refractivity (Wildman–Crippen MR) is 110 cm³/mol. The van der Waals surface area contributed by atoms with Crippen LogP contribution in [0.25, 0.3) is 41.7 Å². The summed E-state index contributed by atoms with van der Waals surface area (Å²) in [5.41, 5.74) is 2.43. The van der Waals surface area contributed by atoms with E-state index in [1.807, 2.05) is 6.07 Å². The lowest BCUT2D eigenvalue weighted by atomic mass is 9.98. The smallest absolute Gasteiger partial charge is 0.195 e. The summed E-state index contributed by atoms with van der Waals surface area (Å²) in [6, 6.07) is 17.2. The first-order chi connectivity index (χ1) is 12.5. The van der Waals surface area contributed by atoms with E-state index >= 15 is 0 Å². The van der Waals surface area contributed by atoms with Crippen molar-refractivity contribution in [3.8, 4) is 0 Å². The van der Waals surface area contributed by atoms with Gasteiger partial charge in [-0.1, -0.05) is 12.1 Å². The van der Waals surface area contributed by atoms with Crippen molar-refractivity contribution >= 4 is 53.1 Å². The second kappa shape index (κ2) is 5.36. The molecule has 3 heteroatoms. The molecule has 1 heterocycles. The van der Waals surface area contributed by atoms with Crippen LogP contribution in [0.1, 0.15) is 11.1 Å². The Morgan fingerprint density at radius 3 is 1.96 bits per heavy atom. The number of hydrogen-bond donors (Lipinski definition) is 0. The lowest BCUT2D eigenvalue weighted by molar-refractivity contribution is 0.630. The number of fused-ring (bicyclic) bond motifs is 4. The molecule has 5 rings (SSSR count). The lowest BCUT2D eigenvalue weighted by Gasteiger charge is -2.08. The van der Waals surface area contributed by atoms with E-state index in [9.17, 15) is 9.18 Å². The fourth-order valence-corrected chi connectivity index (χ4v) is 4.68. The Kier molecular flexibility index (Phi) is 3.19. The number of aryl methyl sites for hydroxylation is 2. The molecule has 0 aliphatic heterocycles. The van der Waals surface area contributed by atoms with Crippen LogP contribution in [0.5, 0.6) is 0 Å². The summed E-state index contributed by atoms with van der Waals surface area (Å²) in [5, 5.41) is 5.63. The van der Waals surface area contributed by atoms with Crippen LogP contribution < -0.4 is 5.43 Å². The number of hydrogen-bond acceptors (Lipinski definition) is 2. The van der Waals surface area contributed by atoms with Gasteiger partial charge in [-0.3, -0.25) is 4.79 Å². The Hall–Kier alpha value is -2.78. The van der Waals surface area contributed by atoms with Gasteiger partial charge in [0.2, 0.25) is 0 Å². The molecule has 0 atom stereocenters. The molecular formula is C23H15FOS. The van der Waals surface area contributed by atoms with E-state index in [2.05, 4.69) is 44.2 Å². The first-order valence-electron chi connectivity index (χ1n) is 8.50. The molecule has 0 N–H and O–H groups in total. The molecule has 0 spiro atoms. The van der Waals surface area contributed by atoms with Crippen molar-refractivity contribution in [2.24, 2.45) is 0 Å². The standard InChI is InChI=1S/C23H15FOS/c1-12-5-14-7-16-9-19-22(10-17(16)8-15(14)6-13(12)2)26-21-4-3-18(24)11-20(21)23(19)25/h3-11H,1-2H3. The monoisotopic (exact) mass is 358 g/mol. The van der Waals surface area contributed by atoms with Crippen LogP contribution >= 0.6 is 11.3 Å². The van der Waals surface area contributed by atoms with Gasteiger partial charge in [0.1, 0.15) is 5.82 Å². The molecule has 0 aliphatic rings. The quantitative estimate of drug-likeness (QED) is 0.290. The Labute approximate surface area is 153 Å². The van der Waals surface area contributed by atoms with Crippen LogP contribution in [0.15, 0.2) is 59.4 Å². The van der Waals surface area contributed by atoms with Gasteiger partial charge in [0.15, 0.2) is 5.43 Å². The van der Waals surface area contributed by atoms with Crippen molar-refractivity contribution in [3.63, 3.8) is 0 Å². The molecule has 0 saturated heterocycles. The first-order valence-corrected chi connectivity index (χ1v) is 9.32. The molecule has 26 heavy (non-hydrogen) atoms. The molecule has 0 saturated carbocycles. The molecular weight excluding hydrogens is 343 g/mol. The second-order valence-corrected chi connectivity index (χ2v) is 7.99. The molecule has 0 fully saturated rings. The molecule has 0 unspecified atom stereocenters. The Morgan fingerprint density at radius 1 is 0.692 bits per heavy atom. The van der Waals surface area contributed by atoms with E-state index in [0.29, 0.717) is 10.8 Å². The minimum Gasteiger partial charge on any atom is -0.289 e. The zero-order chi connectivity index (χ0) is 18.0. The molecule has 0 aliphatic carbocycles. The molecule has 1 nitrogen and oxygen atoms in total. The van der Waals surface area contributed by atoms with Crippen molar-refractivity contribution in [2.75, 3.05) is 0 Å². The normalized spacial score (nSPS) is 11.8. The second-order valence-electron chi connectivity index (χ2n) is 6.90. The van der Waals surface area contributed by atoms with Gasteiger partial charge in [-0.25, -0.2) is 4.39 Å². The van der Waals surface area contributed by atoms with Gasteiger partial charge in [-0.05, 0) is 89.0 Å². The predicted octanol–water partition coefficient (Wildman–Crippen LogP) is 6.48. The average molecular weight is 358 g/mol. The van der Waals surface area contributed by atoms with Crippen molar-refractivity contribution in [1.82, 2.24) is 0 Å². The van der Waals surface area contributed by atoms with Crippen LogP contribution in [-0.2, 0) is 0 Å². The minimum absolute atomic E-state index is 0.102. The maximum Gasteiger partial charge on any atom is 0.195 e. The lowest BCUT2D eigenvalue weighted by Crippen LogP contribution is -2.01. The third kappa shape index (κ3) is 2.24. The zero-order valence-electron chi connectivity index (χ0n) is 14.4. The Balaban J connectivity index is 1.93. The van der Waals surface area contributed by atoms with Crippen LogP contribution in [0.4, 0.5) is 4.39 Å². The van der Waals surface area contributed by atoms with Crippen LogP contribution in [0.2, 0.25) is 0 Å². The highest BCUT2D eigenvalue weighted by molar-refractivity contribution is 7.24. The number of rotatable bonds is 0. The summed E-state index contributed by atoms with van der Waals surface area (Å²) < 4.78 is 15.3. The zero-order valence-corrected chi connectivity index (χ0v) is 15.2. The third-order valence-electron chi connectivity index (χ3n) is 5.16. The molecule has 0 bridgehead atoms. The van der Waals surface area contributed by atoms with E-state index in [0.717, 1.165) is 20.2 Å². The van der Waals surface area contributed by atoms with Crippen LogP contribution in [-0.4, -0.2) is 0 Å². The summed E-state index contributed by atoms with van der Waals surface area (Å²) >= 11 is 1.53. The highest BCUT2D eigenvalue weighted by Gasteiger charge is 2.09. The summed E-state index contributed by atoms with van der Waals surface area (Å²) in [5.74, 6) is -0.376. The van der Waals surface area contributed by atoms with Crippen molar-refractivity contribution in [2.45, 2.75) is 13.8 Å². The van der Waals surface area contributed by atoms with Gasteiger partial charge >= 0.3 is 0 Å².